The van der Waals surface area contributed by atoms with Gasteiger partial charge < -0.3 is 20.5 Å². The first-order valence-corrected chi connectivity index (χ1v) is 8.85. The molecule has 0 bridgehead atoms. The van der Waals surface area contributed by atoms with Gasteiger partial charge in [0, 0.05) is 6.54 Å². The highest BCUT2D eigenvalue weighted by Gasteiger charge is 2.15. The zero-order chi connectivity index (χ0) is 19.6. The molecule has 0 saturated carbocycles. The summed E-state index contributed by atoms with van der Waals surface area (Å²) in [5.74, 6) is 0.599. The van der Waals surface area contributed by atoms with Crippen LogP contribution in [-0.2, 0) is 17.9 Å². The van der Waals surface area contributed by atoms with Crippen LogP contribution in [0.1, 0.15) is 45.7 Å². The lowest BCUT2D eigenvalue weighted by Gasteiger charge is -2.19. The molecular weight excluding hydrogens is 328 g/mol. The van der Waals surface area contributed by atoms with Crippen molar-refractivity contribution in [2.45, 2.75) is 53.4 Å². The number of hydrogen-bond acceptors (Lipinski definition) is 4. The fraction of sp³-hybridized carbons (Fsp3) is 0.381. The lowest BCUT2D eigenvalue weighted by molar-refractivity contribution is 0.0523. The second-order valence-electron chi connectivity index (χ2n) is 6.50. The van der Waals surface area contributed by atoms with E-state index in [4.69, 9.17) is 15.2 Å². The number of hydrogen-bond donors (Lipinski definition) is 2. The fourth-order valence-corrected chi connectivity index (χ4v) is 2.04. The first-order chi connectivity index (χ1) is 12.3. The molecule has 0 heterocycles. The zero-order valence-electron chi connectivity index (χ0n) is 16.3. The number of carbonyl (C=O) groups is 1. The smallest absolute Gasteiger partial charge is 0.407 e. The molecule has 0 saturated heterocycles. The third-order valence-corrected chi connectivity index (χ3v) is 3.15. The number of alkyl carbamates (subject to hydrolysis) is 1. The van der Waals surface area contributed by atoms with Gasteiger partial charge in [0.05, 0.1) is 5.69 Å². The van der Waals surface area contributed by atoms with Gasteiger partial charge in [-0.3, -0.25) is 0 Å². The quantitative estimate of drug-likeness (QED) is 0.746. The Morgan fingerprint density at radius 3 is 2.31 bits per heavy atom. The van der Waals surface area contributed by atoms with Gasteiger partial charge in [0.2, 0.25) is 0 Å². The third-order valence-electron chi connectivity index (χ3n) is 3.15. The molecule has 0 radical (unpaired) electrons. The second kappa shape index (κ2) is 10.3. The van der Waals surface area contributed by atoms with Crippen LogP contribution in [0.25, 0.3) is 0 Å². The van der Waals surface area contributed by atoms with E-state index in [9.17, 15) is 4.79 Å². The van der Waals surface area contributed by atoms with E-state index in [2.05, 4.69) is 5.32 Å². The van der Waals surface area contributed by atoms with E-state index >= 15 is 0 Å². The maximum atomic E-state index is 11.7. The average molecular weight is 358 g/mol. The maximum Gasteiger partial charge on any atom is 0.407 e. The van der Waals surface area contributed by atoms with E-state index in [1.165, 1.54) is 0 Å². The molecule has 0 aliphatic carbocycles. The molecule has 2 aromatic rings. The van der Waals surface area contributed by atoms with Crippen LogP contribution >= 0.6 is 0 Å². The Hall–Kier alpha value is -2.69. The third kappa shape index (κ3) is 7.92. The lowest BCUT2D eigenvalue weighted by atomic mass is 10.2. The predicted molar refractivity (Wildman–Crippen MR) is 106 cm³/mol. The van der Waals surface area contributed by atoms with Gasteiger partial charge in [0.25, 0.3) is 0 Å². The summed E-state index contributed by atoms with van der Waals surface area (Å²) in [5.41, 5.74) is 7.95. The summed E-state index contributed by atoms with van der Waals surface area (Å²) < 4.78 is 11.0. The van der Waals surface area contributed by atoms with Gasteiger partial charge in [-0.05, 0) is 44.0 Å². The Balaban J connectivity index is 0.00000163. The average Bonchev–Trinajstić information content (AvgIpc) is 2.61. The molecule has 2 rings (SSSR count). The summed E-state index contributed by atoms with van der Waals surface area (Å²) in [7, 11) is 0. The van der Waals surface area contributed by atoms with E-state index in [0.717, 1.165) is 11.1 Å². The highest BCUT2D eigenvalue weighted by Crippen LogP contribution is 2.24. The number of nitrogen functional groups attached to an aromatic ring is 1. The van der Waals surface area contributed by atoms with Crippen molar-refractivity contribution < 1.29 is 14.3 Å². The Kier molecular flexibility index (Phi) is 8.49. The van der Waals surface area contributed by atoms with Crippen molar-refractivity contribution in [1.82, 2.24) is 5.32 Å². The minimum atomic E-state index is -0.519. The molecule has 5 heteroatoms. The molecule has 0 aromatic heterocycles. The number of ether oxygens (including phenoxy) is 2. The maximum absolute atomic E-state index is 11.7. The molecule has 2 aromatic carbocycles. The minimum absolute atomic E-state index is 0.344. The molecule has 0 fully saturated rings. The van der Waals surface area contributed by atoms with Crippen molar-refractivity contribution >= 4 is 11.8 Å². The number of nitrogens with two attached hydrogens (primary N) is 1. The monoisotopic (exact) mass is 358 g/mol. The molecule has 0 unspecified atom stereocenters. The number of rotatable bonds is 5. The molecule has 0 spiro atoms. The van der Waals surface area contributed by atoms with Gasteiger partial charge in [-0.15, -0.1) is 0 Å². The molecule has 5 nitrogen and oxygen atoms in total. The number of amides is 1. The van der Waals surface area contributed by atoms with Crippen LogP contribution < -0.4 is 15.8 Å². The highest BCUT2D eigenvalue weighted by atomic mass is 16.6. The highest BCUT2D eigenvalue weighted by molar-refractivity contribution is 5.67. The van der Waals surface area contributed by atoms with Crippen molar-refractivity contribution in [2.75, 3.05) is 5.73 Å². The molecule has 26 heavy (non-hydrogen) atoms. The summed E-state index contributed by atoms with van der Waals surface area (Å²) in [6.45, 7) is 10.3. The lowest BCUT2D eigenvalue weighted by Crippen LogP contribution is -2.32. The first-order valence-electron chi connectivity index (χ1n) is 8.85. The number of nitrogens with one attached hydrogen (secondary N) is 1. The molecular formula is C21H30N2O3. The van der Waals surface area contributed by atoms with E-state index in [1.54, 1.807) is 6.07 Å². The SMILES string of the molecule is CC.CC(C)(C)OC(=O)NCc1ccc(N)c(OCc2ccccc2)c1. The van der Waals surface area contributed by atoms with Crippen molar-refractivity contribution in [2.24, 2.45) is 0 Å². The van der Waals surface area contributed by atoms with Crippen LogP contribution in [0.5, 0.6) is 5.75 Å². The van der Waals surface area contributed by atoms with Crippen LogP contribution in [0, 0.1) is 0 Å². The van der Waals surface area contributed by atoms with E-state index in [-0.39, 0.29) is 0 Å². The topological polar surface area (TPSA) is 73.6 Å². The summed E-state index contributed by atoms with van der Waals surface area (Å²) in [5, 5.41) is 2.72. The summed E-state index contributed by atoms with van der Waals surface area (Å²) in [6.07, 6.45) is -0.453. The van der Waals surface area contributed by atoms with Crippen LogP contribution in [0.15, 0.2) is 48.5 Å². The van der Waals surface area contributed by atoms with Gasteiger partial charge in [-0.1, -0.05) is 50.2 Å². The molecule has 0 atom stereocenters. The molecule has 0 aliphatic heterocycles. The van der Waals surface area contributed by atoms with Crippen LogP contribution in [0.2, 0.25) is 0 Å². The standard InChI is InChI=1S/C19H24N2O3.C2H6/c1-19(2,3)24-18(22)21-12-15-9-10-16(20)17(11-15)23-13-14-7-5-4-6-8-14;1-2/h4-11H,12-13,20H2,1-3H3,(H,21,22);1-2H3. The summed E-state index contributed by atoms with van der Waals surface area (Å²) in [4.78, 5) is 11.7. The molecule has 142 valence electrons. The van der Waals surface area contributed by atoms with Gasteiger partial charge in [0.1, 0.15) is 18.0 Å². The largest absolute Gasteiger partial charge is 0.487 e. The van der Waals surface area contributed by atoms with Gasteiger partial charge in [-0.25, -0.2) is 4.79 Å². The molecule has 0 aliphatic rings. The van der Waals surface area contributed by atoms with Gasteiger partial charge in [0.15, 0.2) is 0 Å². The summed E-state index contributed by atoms with van der Waals surface area (Å²) in [6, 6.07) is 15.3. The van der Waals surface area contributed by atoms with Gasteiger partial charge in [-0.2, -0.15) is 0 Å². The first kappa shape index (κ1) is 21.4. The van der Waals surface area contributed by atoms with Gasteiger partial charge >= 0.3 is 6.09 Å². The Morgan fingerprint density at radius 2 is 1.69 bits per heavy atom. The van der Waals surface area contributed by atoms with Crippen LogP contribution in [0.4, 0.5) is 10.5 Å². The number of carbonyl (C=O) groups excluding carboxylic acids is 1. The fourth-order valence-electron chi connectivity index (χ4n) is 2.04. The summed E-state index contributed by atoms with van der Waals surface area (Å²) >= 11 is 0. The van der Waals surface area contributed by atoms with Crippen molar-refractivity contribution in [3.63, 3.8) is 0 Å². The minimum Gasteiger partial charge on any atom is -0.487 e. The van der Waals surface area contributed by atoms with E-state index < -0.39 is 11.7 Å². The van der Waals surface area contributed by atoms with Crippen LogP contribution in [0.3, 0.4) is 0 Å². The van der Waals surface area contributed by atoms with E-state index in [0.29, 0.717) is 24.6 Å². The van der Waals surface area contributed by atoms with Crippen LogP contribution in [-0.4, -0.2) is 11.7 Å². The van der Waals surface area contributed by atoms with Crippen molar-refractivity contribution in [3.05, 3.63) is 59.7 Å². The van der Waals surface area contributed by atoms with Crippen molar-refractivity contribution in [3.8, 4) is 5.75 Å². The molecule has 3 N–H and O–H groups in total. The Bertz CT molecular complexity index is 679. The van der Waals surface area contributed by atoms with Crippen molar-refractivity contribution in [1.29, 1.82) is 0 Å². The Labute approximate surface area is 156 Å². The normalized spacial score (nSPS) is 10.3. The van der Waals surface area contributed by atoms with E-state index in [1.807, 2.05) is 77.1 Å². The number of benzene rings is 2. The second-order valence-corrected chi connectivity index (χ2v) is 6.50. The predicted octanol–water partition coefficient (Wildman–Crippen LogP) is 4.90. The number of anilines is 1. The zero-order valence-corrected chi connectivity index (χ0v) is 16.3. The Morgan fingerprint density at radius 1 is 1.04 bits per heavy atom. The molecule has 1 amide bonds.